The van der Waals surface area contributed by atoms with Crippen molar-refractivity contribution < 1.29 is 31.1 Å². The number of ether oxygens (including phenoxy) is 1. The smallest absolute Gasteiger partial charge is 0.417 e. The van der Waals surface area contributed by atoms with E-state index in [9.17, 15) is 26.4 Å². The highest BCUT2D eigenvalue weighted by Crippen LogP contribution is 2.36. The van der Waals surface area contributed by atoms with Crippen LogP contribution in [0.2, 0.25) is 0 Å². The first-order valence-corrected chi connectivity index (χ1v) is 6.88. The van der Waals surface area contributed by atoms with Crippen LogP contribution in [0.1, 0.15) is 21.5 Å². The predicted octanol–water partition coefficient (Wildman–Crippen LogP) is 2.20. The van der Waals surface area contributed by atoms with Crippen LogP contribution in [0.3, 0.4) is 0 Å². The van der Waals surface area contributed by atoms with E-state index in [0.717, 1.165) is 7.11 Å². The van der Waals surface area contributed by atoms with Gasteiger partial charge in [-0.3, -0.25) is 0 Å². The third-order valence-corrected chi connectivity index (χ3v) is 3.57. The fourth-order valence-corrected chi connectivity index (χ4v) is 2.45. The van der Waals surface area contributed by atoms with Gasteiger partial charge in [-0.05, 0) is 24.6 Å². The van der Waals surface area contributed by atoms with E-state index in [0.29, 0.717) is 18.4 Å². The summed E-state index contributed by atoms with van der Waals surface area (Å²) >= 11 is 0. The second-order valence-corrected chi connectivity index (χ2v) is 5.91. The fraction of sp³-hybridized carbons (Fsp3) is 0.364. The third-order valence-electron chi connectivity index (χ3n) is 2.44. The Morgan fingerprint density at radius 2 is 1.79 bits per heavy atom. The first kappa shape index (κ1) is 15.5. The first-order chi connectivity index (χ1) is 8.48. The van der Waals surface area contributed by atoms with Crippen molar-refractivity contribution in [1.29, 1.82) is 0 Å². The van der Waals surface area contributed by atoms with E-state index in [4.69, 9.17) is 0 Å². The Balaban J connectivity index is 3.71. The van der Waals surface area contributed by atoms with Gasteiger partial charge in [-0.2, -0.15) is 13.2 Å². The predicted molar refractivity (Wildman–Crippen MR) is 60.6 cm³/mol. The van der Waals surface area contributed by atoms with E-state index < -0.39 is 32.4 Å². The first-order valence-electron chi connectivity index (χ1n) is 4.98. The maximum Gasteiger partial charge on any atom is 0.417 e. The van der Waals surface area contributed by atoms with Gasteiger partial charge in [0.15, 0.2) is 9.84 Å². The van der Waals surface area contributed by atoms with Crippen LogP contribution < -0.4 is 0 Å². The molecule has 0 aliphatic carbocycles. The molecule has 1 aromatic rings. The number of benzene rings is 1. The van der Waals surface area contributed by atoms with Crippen LogP contribution in [-0.4, -0.2) is 27.8 Å². The summed E-state index contributed by atoms with van der Waals surface area (Å²) in [6.45, 7) is 1.27. The van der Waals surface area contributed by atoms with Gasteiger partial charge in [0.2, 0.25) is 0 Å². The number of sulfone groups is 1. The fourth-order valence-electron chi connectivity index (χ4n) is 1.55. The molecule has 0 amide bonds. The molecule has 0 saturated carbocycles. The van der Waals surface area contributed by atoms with Crippen molar-refractivity contribution in [3.63, 3.8) is 0 Å². The highest BCUT2D eigenvalue weighted by molar-refractivity contribution is 7.90. The van der Waals surface area contributed by atoms with E-state index in [-0.39, 0.29) is 11.1 Å². The number of aryl methyl sites for hydroxylation is 1. The number of hydrogen-bond acceptors (Lipinski definition) is 4. The zero-order valence-corrected chi connectivity index (χ0v) is 11.1. The maximum absolute atomic E-state index is 12.8. The lowest BCUT2D eigenvalue weighted by Gasteiger charge is -2.14. The van der Waals surface area contributed by atoms with Crippen LogP contribution in [0.5, 0.6) is 0 Å². The number of esters is 1. The van der Waals surface area contributed by atoms with Crippen molar-refractivity contribution in [3.8, 4) is 0 Å². The van der Waals surface area contributed by atoms with Gasteiger partial charge < -0.3 is 4.74 Å². The van der Waals surface area contributed by atoms with Gasteiger partial charge in [-0.1, -0.05) is 0 Å². The summed E-state index contributed by atoms with van der Waals surface area (Å²) in [6.07, 6.45) is -4.17. The van der Waals surface area contributed by atoms with Crippen LogP contribution in [0.25, 0.3) is 0 Å². The minimum absolute atomic E-state index is 0.00780. The zero-order valence-electron chi connectivity index (χ0n) is 10.3. The third kappa shape index (κ3) is 3.25. The van der Waals surface area contributed by atoms with Crippen molar-refractivity contribution in [1.82, 2.24) is 0 Å². The van der Waals surface area contributed by atoms with Crippen molar-refractivity contribution >= 4 is 15.8 Å². The molecule has 0 unspecified atom stereocenters. The molecule has 0 aromatic heterocycles. The molecule has 19 heavy (non-hydrogen) atoms. The zero-order chi connectivity index (χ0) is 15.0. The molecule has 0 saturated heterocycles. The number of rotatable bonds is 2. The quantitative estimate of drug-likeness (QED) is 0.785. The molecule has 0 aliphatic rings. The van der Waals surface area contributed by atoms with Gasteiger partial charge in [0.1, 0.15) is 0 Å². The Hall–Kier alpha value is -1.57. The molecule has 1 aromatic carbocycles. The summed E-state index contributed by atoms with van der Waals surface area (Å²) in [6, 6.07) is 1.32. The van der Waals surface area contributed by atoms with Gasteiger partial charge in [-0.15, -0.1) is 0 Å². The Kier molecular flexibility index (Phi) is 3.94. The molecule has 8 heteroatoms. The summed E-state index contributed by atoms with van der Waals surface area (Å²) in [4.78, 5) is 10.4. The summed E-state index contributed by atoms with van der Waals surface area (Å²) in [7, 11) is -3.07. The number of carbonyl (C=O) groups excluding carboxylic acids is 1. The van der Waals surface area contributed by atoms with Gasteiger partial charge >= 0.3 is 12.1 Å². The van der Waals surface area contributed by atoms with E-state index in [1.165, 1.54) is 6.92 Å². The minimum Gasteiger partial charge on any atom is -0.465 e. The van der Waals surface area contributed by atoms with E-state index >= 15 is 0 Å². The lowest BCUT2D eigenvalue weighted by Crippen LogP contribution is -2.15. The molecule has 4 nitrogen and oxygen atoms in total. The molecule has 0 atom stereocenters. The average Bonchev–Trinajstić information content (AvgIpc) is 2.24. The van der Waals surface area contributed by atoms with Crippen molar-refractivity contribution in [2.45, 2.75) is 18.0 Å². The highest BCUT2D eigenvalue weighted by Gasteiger charge is 2.37. The molecule has 0 spiro atoms. The van der Waals surface area contributed by atoms with Crippen LogP contribution in [0.4, 0.5) is 13.2 Å². The standard InChI is InChI=1S/C11H11F3O4S/c1-6-4-8(11(12,13)14)9(19(3,16)17)5-7(6)10(15)18-2/h4-5H,1-3H3. The van der Waals surface area contributed by atoms with Gasteiger partial charge in [0.25, 0.3) is 0 Å². The van der Waals surface area contributed by atoms with Crippen molar-refractivity contribution in [2.24, 2.45) is 0 Å². The number of carbonyl (C=O) groups is 1. The van der Waals surface area contributed by atoms with E-state index in [1.807, 2.05) is 0 Å². The monoisotopic (exact) mass is 296 g/mol. The Morgan fingerprint density at radius 3 is 2.16 bits per heavy atom. The lowest BCUT2D eigenvalue weighted by molar-refractivity contribution is -0.139. The van der Waals surface area contributed by atoms with Crippen molar-refractivity contribution in [3.05, 3.63) is 28.8 Å². The lowest BCUT2D eigenvalue weighted by atomic mass is 10.0. The maximum atomic E-state index is 12.8. The van der Waals surface area contributed by atoms with Gasteiger partial charge in [-0.25, -0.2) is 13.2 Å². The minimum atomic E-state index is -4.82. The van der Waals surface area contributed by atoms with Gasteiger partial charge in [0, 0.05) is 6.26 Å². The van der Waals surface area contributed by atoms with Crippen molar-refractivity contribution in [2.75, 3.05) is 13.4 Å². The number of hydrogen-bond donors (Lipinski definition) is 0. The molecule has 0 aliphatic heterocycles. The number of alkyl halides is 3. The highest BCUT2D eigenvalue weighted by atomic mass is 32.2. The number of halogens is 3. The van der Waals surface area contributed by atoms with Crippen LogP contribution in [0, 0.1) is 6.92 Å². The van der Waals surface area contributed by atoms with Crippen LogP contribution >= 0.6 is 0 Å². The summed E-state index contributed by atoms with van der Waals surface area (Å²) < 4.78 is 65.6. The Bertz CT molecular complexity index is 618. The SMILES string of the molecule is COC(=O)c1cc(S(C)(=O)=O)c(C(F)(F)F)cc1C. The van der Waals surface area contributed by atoms with Gasteiger partial charge in [0.05, 0.1) is 23.1 Å². The molecular weight excluding hydrogens is 285 g/mol. The normalized spacial score (nSPS) is 12.3. The molecular formula is C11H11F3O4S. The van der Waals surface area contributed by atoms with Crippen LogP contribution in [0.15, 0.2) is 17.0 Å². The summed E-state index contributed by atoms with van der Waals surface area (Å²) in [5, 5.41) is 0. The van der Waals surface area contributed by atoms with Crippen LogP contribution in [-0.2, 0) is 20.8 Å². The Labute approximate surface area is 108 Å². The Morgan fingerprint density at radius 1 is 1.26 bits per heavy atom. The van der Waals surface area contributed by atoms with E-state index in [1.54, 1.807) is 0 Å². The average molecular weight is 296 g/mol. The molecule has 0 N–H and O–H groups in total. The molecule has 0 radical (unpaired) electrons. The second-order valence-electron chi connectivity index (χ2n) is 3.92. The van der Waals surface area contributed by atoms with E-state index in [2.05, 4.69) is 4.74 Å². The number of methoxy groups -OCH3 is 1. The largest absolute Gasteiger partial charge is 0.465 e. The summed E-state index contributed by atoms with van der Waals surface area (Å²) in [5.41, 5.74) is -1.51. The molecule has 0 heterocycles. The summed E-state index contributed by atoms with van der Waals surface area (Å²) in [5.74, 6) is -0.892. The second kappa shape index (κ2) is 4.84. The molecule has 0 fully saturated rings. The molecule has 106 valence electrons. The topological polar surface area (TPSA) is 60.4 Å². The molecule has 0 bridgehead atoms. The molecule has 1 rings (SSSR count).